The number of amides is 1. The lowest BCUT2D eigenvalue weighted by molar-refractivity contribution is -0.151. The van der Waals surface area contributed by atoms with Crippen LogP contribution in [0.2, 0.25) is 0 Å². The van der Waals surface area contributed by atoms with Crippen molar-refractivity contribution >= 4 is 11.9 Å². The van der Waals surface area contributed by atoms with Crippen molar-refractivity contribution < 1.29 is 24.5 Å². The van der Waals surface area contributed by atoms with E-state index in [1.54, 1.807) is 0 Å². The number of rotatable bonds is 40. The fraction of sp³-hybridized carbons (Fsp3) is 0.564. The molecule has 342 valence electrons. The maximum Gasteiger partial charge on any atom is 0.306 e. The molecule has 1 amide bonds. The average molecular weight is 842 g/mol. The molecular weight excluding hydrogens is 755 g/mol. The fourth-order valence-electron chi connectivity index (χ4n) is 6.44. The second-order valence-corrected chi connectivity index (χ2v) is 15.7. The Hall–Kier alpha value is -4.00. The topological polar surface area (TPSA) is 95.9 Å². The molecule has 0 bridgehead atoms. The molecule has 0 aliphatic rings. The SMILES string of the molecule is CC\C=C/C=C/C=C/C=C\C=C\C=C\CCCC(CC(=O)NC(CO)C(O)CCCCCCCCCCCCCCCC)OC(=O)CCC/C=C/C=C\C=C/C=C/C=C/CC. The summed E-state index contributed by atoms with van der Waals surface area (Å²) in [6.45, 7) is 6.13. The number of aliphatic hydroxyl groups is 2. The molecular formula is C55H87NO5. The Labute approximate surface area is 373 Å². The molecule has 0 fully saturated rings. The molecule has 0 heterocycles. The summed E-state index contributed by atoms with van der Waals surface area (Å²) in [4.78, 5) is 26.0. The number of hydrogen-bond acceptors (Lipinski definition) is 5. The molecule has 0 radical (unpaired) electrons. The van der Waals surface area contributed by atoms with Crippen LogP contribution in [0.15, 0.2) is 134 Å². The smallest absolute Gasteiger partial charge is 0.306 e. The summed E-state index contributed by atoms with van der Waals surface area (Å²) < 4.78 is 5.83. The van der Waals surface area contributed by atoms with Crippen LogP contribution in [0.3, 0.4) is 0 Å². The van der Waals surface area contributed by atoms with E-state index in [4.69, 9.17) is 4.74 Å². The first-order chi connectivity index (χ1) is 30.0. The van der Waals surface area contributed by atoms with Crippen LogP contribution in [-0.2, 0) is 14.3 Å². The van der Waals surface area contributed by atoms with Gasteiger partial charge < -0.3 is 20.3 Å². The van der Waals surface area contributed by atoms with Gasteiger partial charge in [-0.2, -0.15) is 0 Å². The lowest BCUT2D eigenvalue weighted by Crippen LogP contribution is -2.46. The zero-order valence-electron chi connectivity index (χ0n) is 38.7. The van der Waals surface area contributed by atoms with Gasteiger partial charge in [0.1, 0.15) is 6.10 Å². The van der Waals surface area contributed by atoms with Crippen molar-refractivity contribution in [3.63, 3.8) is 0 Å². The molecule has 0 aromatic heterocycles. The van der Waals surface area contributed by atoms with Crippen molar-refractivity contribution in [2.45, 2.75) is 193 Å². The highest BCUT2D eigenvalue weighted by molar-refractivity contribution is 5.77. The van der Waals surface area contributed by atoms with Gasteiger partial charge >= 0.3 is 5.97 Å². The summed E-state index contributed by atoms with van der Waals surface area (Å²) in [5.41, 5.74) is 0. The zero-order chi connectivity index (χ0) is 44.5. The minimum atomic E-state index is -0.829. The molecule has 0 saturated heterocycles. The standard InChI is InChI=1S/C55H87NO5/c1-4-7-10-13-16-19-22-25-27-29-31-34-37-40-43-46-51(61-55(60)48-45-42-39-36-33-28-24-21-18-15-12-9-6-3)49-54(59)56-52(50-57)53(58)47-44-41-38-35-32-30-26-23-20-17-14-11-8-5-2/h7,9-10,12-13,15-16,18-19,21-22,24-25,27-29,31,33-34,36-37,39,51-53,57-58H,4-6,8,11,14,17,20,23,26,30,32,35,38,40-50H2,1-3H3,(H,56,59)/b10-7-,12-9+,16-13+,18-15+,22-19+,24-21-,27-25-,31-29+,33-28-,37-34+,39-36+. The molecule has 3 atom stereocenters. The molecule has 0 rings (SSSR count). The van der Waals surface area contributed by atoms with Gasteiger partial charge in [0, 0.05) is 6.42 Å². The van der Waals surface area contributed by atoms with Crippen molar-refractivity contribution in [3.05, 3.63) is 134 Å². The highest BCUT2D eigenvalue weighted by atomic mass is 16.5. The maximum atomic E-state index is 13.2. The highest BCUT2D eigenvalue weighted by Gasteiger charge is 2.23. The summed E-state index contributed by atoms with van der Waals surface area (Å²) in [5, 5.41) is 23.7. The highest BCUT2D eigenvalue weighted by Crippen LogP contribution is 2.16. The lowest BCUT2D eigenvalue weighted by atomic mass is 10.0. The van der Waals surface area contributed by atoms with Crippen molar-refractivity contribution in [3.8, 4) is 0 Å². The summed E-state index contributed by atoms with van der Waals surface area (Å²) in [6.07, 6.45) is 66.6. The number of hydrogen-bond donors (Lipinski definition) is 3. The maximum absolute atomic E-state index is 13.2. The normalized spacial score (nSPS) is 14.5. The number of ether oxygens (including phenoxy) is 1. The van der Waals surface area contributed by atoms with Crippen LogP contribution in [0.1, 0.15) is 175 Å². The molecule has 0 saturated carbocycles. The summed E-state index contributed by atoms with van der Waals surface area (Å²) in [5.74, 6) is -0.655. The Bertz CT molecular complexity index is 1360. The Balaban J connectivity index is 4.87. The third kappa shape index (κ3) is 42.5. The first-order valence-corrected chi connectivity index (χ1v) is 24.1. The van der Waals surface area contributed by atoms with E-state index in [1.807, 2.05) is 115 Å². The molecule has 0 aliphatic heterocycles. The molecule has 3 N–H and O–H groups in total. The number of nitrogens with one attached hydrogen (secondary N) is 1. The Kier molecular flexibility index (Phi) is 44.0. The van der Waals surface area contributed by atoms with Crippen molar-refractivity contribution in [1.82, 2.24) is 5.32 Å². The van der Waals surface area contributed by atoms with Crippen LogP contribution in [-0.4, -0.2) is 46.9 Å². The molecule has 0 aliphatic carbocycles. The van der Waals surface area contributed by atoms with Crippen LogP contribution in [0.4, 0.5) is 0 Å². The number of carbonyl (C=O) groups is 2. The van der Waals surface area contributed by atoms with Gasteiger partial charge in [0.05, 0.1) is 25.2 Å². The van der Waals surface area contributed by atoms with E-state index in [2.05, 4.69) is 44.3 Å². The minimum Gasteiger partial charge on any atom is -0.462 e. The Morgan fingerprint density at radius 2 is 0.885 bits per heavy atom. The predicted molar refractivity (Wildman–Crippen MR) is 263 cm³/mol. The third-order valence-corrected chi connectivity index (χ3v) is 10.0. The van der Waals surface area contributed by atoms with Crippen LogP contribution < -0.4 is 5.32 Å². The molecule has 0 aromatic rings. The third-order valence-electron chi connectivity index (χ3n) is 10.0. The molecule has 0 spiro atoms. The van der Waals surface area contributed by atoms with E-state index in [9.17, 15) is 19.8 Å². The number of allylic oxidation sites excluding steroid dienone is 22. The van der Waals surface area contributed by atoms with Crippen LogP contribution >= 0.6 is 0 Å². The van der Waals surface area contributed by atoms with E-state index in [0.29, 0.717) is 19.3 Å². The van der Waals surface area contributed by atoms with Crippen LogP contribution in [0.5, 0.6) is 0 Å². The van der Waals surface area contributed by atoms with E-state index in [0.717, 1.165) is 51.4 Å². The van der Waals surface area contributed by atoms with E-state index in [-0.39, 0.29) is 31.3 Å². The van der Waals surface area contributed by atoms with Gasteiger partial charge in [-0.1, -0.05) is 244 Å². The molecule has 61 heavy (non-hydrogen) atoms. The van der Waals surface area contributed by atoms with Gasteiger partial charge in [-0.05, 0) is 51.4 Å². The quantitative estimate of drug-likeness (QED) is 0.0324. The first kappa shape index (κ1) is 57.0. The van der Waals surface area contributed by atoms with E-state index in [1.165, 1.54) is 70.6 Å². The van der Waals surface area contributed by atoms with Crippen LogP contribution in [0.25, 0.3) is 0 Å². The number of carbonyl (C=O) groups excluding carboxylic acids is 2. The van der Waals surface area contributed by atoms with Gasteiger partial charge in [-0.25, -0.2) is 0 Å². The monoisotopic (exact) mass is 842 g/mol. The summed E-state index contributed by atoms with van der Waals surface area (Å²) in [6, 6.07) is -0.750. The Morgan fingerprint density at radius 3 is 1.31 bits per heavy atom. The first-order valence-electron chi connectivity index (χ1n) is 24.1. The van der Waals surface area contributed by atoms with Gasteiger partial charge in [0.25, 0.3) is 0 Å². The van der Waals surface area contributed by atoms with Crippen molar-refractivity contribution in [1.29, 1.82) is 0 Å². The molecule has 3 unspecified atom stereocenters. The molecule has 6 nitrogen and oxygen atoms in total. The fourth-order valence-corrected chi connectivity index (χ4v) is 6.44. The van der Waals surface area contributed by atoms with Gasteiger partial charge in [0.15, 0.2) is 0 Å². The summed E-state index contributed by atoms with van der Waals surface area (Å²) in [7, 11) is 0. The Morgan fingerprint density at radius 1 is 0.492 bits per heavy atom. The van der Waals surface area contributed by atoms with Crippen LogP contribution in [0, 0.1) is 0 Å². The minimum absolute atomic E-state index is 0.0118. The second-order valence-electron chi connectivity index (χ2n) is 15.7. The number of unbranched alkanes of at least 4 members (excludes halogenated alkanes) is 15. The number of esters is 1. The lowest BCUT2D eigenvalue weighted by Gasteiger charge is -2.24. The average Bonchev–Trinajstić information content (AvgIpc) is 3.25. The number of aliphatic hydroxyl groups excluding tert-OH is 2. The van der Waals surface area contributed by atoms with E-state index >= 15 is 0 Å². The molecule has 6 heteroatoms. The van der Waals surface area contributed by atoms with Crippen molar-refractivity contribution in [2.75, 3.05) is 6.61 Å². The predicted octanol–water partition coefficient (Wildman–Crippen LogP) is 14.3. The summed E-state index contributed by atoms with van der Waals surface area (Å²) >= 11 is 0. The second kappa shape index (κ2) is 47.1. The van der Waals surface area contributed by atoms with Gasteiger partial charge in [-0.3, -0.25) is 9.59 Å². The molecule has 0 aromatic carbocycles. The van der Waals surface area contributed by atoms with Gasteiger partial charge in [0.2, 0.25) is 5.91 Å². The van der Waals surface area contributed by atoms with E-state index < -0.39 is 18.2 Å². The zero-order valence-corrected chi connectivity index (χ0v) is 38.7. The van der Waals surface area contributed by atoms with Crippen molar-refractivity contribution in [2.24, 2.45) is 0 Å². The van der Waals surface area contributed by atoms with Gasteiger partial charge in [-0.15, -0.1) is 0 Å². The largest absolute Gasteiger partial charge is 0.462 e.